The second-order valence-electron chi connectivity index (χ2n) is 2.57. The third kappa shape index (κ3) is 4.18. The van der Waals surface area contributed by atoms with E-state index in [1.807, 2.05) is 0 Å². The standard InChI is InChI=1S/C6H12N2O4S2/c7-3(1-13)6(11)14(12)2-4(8)5(9)10/h3-4,13H,1-2,7-8H2,(H,9,10)/t3-,4-,14?/m0/s1. The van der Waals surface area contributed by atoms with Gasteiger partial charge in [0.05, 0.1) is 22.6 Å². The van der Waals surface area contributed by atoms with Gasteiger partial charge < -0.3 is 16.6 Å². The Morgan fingerprint density at radius 1 is 1.36 bits per heavy atom. The Hall–Kier alpha value is -0.440. The molecule has 0 rings (SSSR count). The Morgan fingerprint density at radius 2 is 1.86 bits per heavy atom. The van der Waals surface area contributed by atoms with Crippen LogP contribution in [0.2, 0.25) is 0 Å². The van der Waals surface area contributed by atoms with Crippen LogP contribution in [-0.2, 0) is 20.4 Å². The molecule has 0 aliphatic heterocycles. The molecular weight excluding hydrogens is 228 g/mol. The fourth-order valence-corrected chi connectivity index (χ4v) is 1.90. The van der Waals surface area contributed by atoms with Crippen LogP contribution < -0.4 is 11.5 Å². The number of carboxylic acid groups (broad SMARTS) is 1. The number of thiol groups is 1. The summed E-state index contributed by atoms with van der Waals surface area (Å²) in [6.07, 6.45) is 0. The molecule has 0 aromatic rings. The molecule has 0 saturated heterocycles. The van der Waals surface area contributed by atoms with Gasteiger partial charge in [0, 0.05) is 5.75 Å². The summed E-state index contributed by atoms with van der Waals surface area (Å²) in [6.45, 7) is 0. The molecule has 8 heteroatoms. The summed E-state index contributed by atoms with van der Waals surface area (Å²) in [7, 11) is -1.96. The molecule has 0 aromatic heterocycles. The molecule has 14 heavy (non-hydrogen) atoms. The van der Waals surface area contributed by atoms with Crippen LogP contribution in [-0.4, -0.2) is 44.0 Å². The lowest BCUT2D eigenvalue weighted by molar-refractivity contribution is -0.137. The molecule has 6 nitrogen and oxygen atoms in total. The maximum Gasteiger partial charge on any atom is 0.321 e. The summed E-state index contributed by atoms with van der Waals surface area (Å²) in [5, 5.41) is 7.67. The molecule has 0 radical (unpaired) electrons. The summed E-state index contributed by atoms with van der Waals surface area (Å²) in [4.78, 5) is 21.4. The minimum atomic E-state index is -1.96. The third-order valence-corrected chi connectivity index (χ3v) is 3.18. The second kappa shape index (κ2) is 6.12. The maximum absolute atomic E-state index is 11.2. The van der Waals surface area contributed by atoms with Crippen molar-refractivity contribution >= 4 is 34.5 Å². The predicted octanol–water partition coefficient (Wildman–Crippen LogP) is -2.07. The van der Waals surface area contributed by atoms with Crippen molar-refractivity contribution in [3.63, 3.8) is 0 Å². The Kier molecular flexibility index (Phi) is 5.93. The molecule has 0 heterocycles. The number of nitrogens with two attached hydrogens (primary N) is 2. The van der Waals surface area contributed by atoms with Crippen molar-refractivity contribution < 1.29 is 18.9 Å². The van der Waals surface area contributed by atoms with E-state index in [-0.39, 0.29) is 5.75 Å². The van der Waals surface area contributed by atoms with Gasteiger partial charge in [-0.3, -0.25) is 13.8 Å². The van der Waals surface area contributed by atoms with Crippen molar-refractivity contribution in [3.05, 3.63) is 0 Å². The number of carbonyl (C=O) groups is 2. The smallest absolute Gasteiger partial charge is 0.321 e. The quantitative estimate of drug-likeness (QED) is 0.409. The first kappa shape index (κ1) is 13.6. The molecule has 5 N–H and O–H groups in total. The van der Waals surface area contributed by atoms with Crippen molar-refractivity contribution in [1.82, 2.24) is 0 Å². The van der Waals surface area contributed by atoms with Gasteiger partial charge in [-0.05, 0) is 0 Å². The van der Waals surface area contributed by atoms with Crippen LogP contribution in [0.5, 0.6) is 0 Å². The Bertz CT molecular complexity index is 258. The van der Waals surface area contributed by atoms with Crippen LogP contribution in [0.15, 0.2) is 0 Å². The lowest BCUT2D eigenvalue weighted by Gasteiger charge is -2.08. The SMILES string of the molecule is N[C@@H](CS(=O)C(=O)[C@@H](N)CS)C(=O)O. The van der Waals surface area contributed by atoms with Crippen LogP contribution in [0.4, 0.5) is 0 Å². The average molecular weight is 240 g/mol. The zero-order valence-corrected chi connectivity index (χ0v) is 8.96. The molecule has 0 saturated carbocycles. The molecule has 0 spiro atoms. The van der Waals surface area contributed by atoms with Gasteiger partial charge in [-0.25, -0.2) is 0 Å². The minimum Gasteiger partial charge on any atom is -0.480 e. The number of aliphatic carboxylic acids is 1. The number of hydrogen-bond acceptors (Lipinski definition) is 6. The molecule has 0 aliphatic carbocycles. The van der Waals surface area contributed by atoms with E-state index in [1.165, 1.54) is 0 Å². The molecule has 3 atom stereocenters. The molecule has 0 aromatic carbocycles. The van der Waals surface area contributed by atoms with Gasteiger partial charge in [0.2, 0.25) is 5.12 Å². The van der Waals surface area contributed by atoms with E-state index in [1.54, 1.807) is 0 Å². The van der Waals surface area contributed by atoms with E-state index < -0.39 is 39.7 Å². The summed E-state index contributed by atoms with van der Waals surface area (Å²) >= 11 is 3.75. The lowest BCUT2D eigenvalue weighted by Crippen LogP contribution is -2.41. The zero-order valence-electron chi connectivity index (χ0n) is 7.25. The van der Waals surface area contributed by atoms with E-state index in [2.05, 4.69) is 12.6 Å². The Balaban J connectivity index is 4.22. The Morgan fingerprint density at radius 3 is 2.21 bits per heavy atom. The summed E-state index contributed by atoms with van der Waals surface area (Å²) < 4.78 is 11.2. The fourth-order valence-electron chi connectivity index (χ4n) is 0.560. The van der Waals surface area contributed by atoms with Crippen LogP contribution in [0.3, 0.4) is 0 Å². The van der Waals surface area contributed by atoms with Crippen molar-refractivity contribution in [1.29, 1.82) is 0 Å². The van der Waals surface area contributed by atoms with Crippen molar-refractivity contribution in [2.75, 3.05) is 11.5 Å². The van der Waals surface area contributed by atoms with Gasteiger partial charge in [0.25, 0.3) is 0 Å². The number of carbonyl (C=O) groups excluding carboxylic acids is 1. The van der Waals surface area contributed by atoms with Crippen molar-refractivity contribution in [2.24, 2.45) is 11.5 Å². The highest BCUT2D eigenvalue weighted by molar-refractivity contribution is 8.00. The molecule has 0 aliphatic rings. The van der Waals surface area contributed by atoms with E-state index >= 15 is 0 Å². The predicted molar refractivity (Wildman–Crippen MR) is 55.5 cm³/mol. The van der Waals surface area contributed by atoms with Crippen LogP contribution >= 0.6 is 12.6 Å². The zero-order chi connectivity index (χ0) is 11.3. The van der Waals surface area contributed by atoms with Gasteiger partial charge in [-0.2, -0.15) is 12.6 Å². The number of hydrogen-bond donors (Lipinski definition) is 4. The number of rotatable bonds is 5. The lowest BCUT2D eigenvalue weighted by atomic mass is 10.4. The first-order valence-electron chi connectivity index (χ1n) is 3.67. The minimum absolute atomic E-state index is 0.0624. The van der Waals surface area contributed by atoms with Gasteiger partial charge in [0.15, 0.2) is 0 Å². The topological polar surface area (TPSA) is 123 Å². The summed E-state index contributed by atoms with van der Waals surface area (Å²) in [5.41, 5.74) is 10.4. The Labute approximate surface area is 88.9 Å². The van der Waals surface area contributed by atoms with Gasteiger partial charge in [0.1, 0.15) is 6.04 Å². The molecular formula is C6H12N2O4S2. The number of carboxylic acids is 1. The van der Waals surface area contributed by atoms with Crippen LogP contribution in [0, 0.1) is 0 Å². The monoisotopic (exact) mass is 240 g/mol. The van der Waals surface area contributed by atoms with Crippen LogP contribution in [0.25, 0.3) is 0 Å². The molecule has 1 unspecified atom stereocenters. The van der Waals surface area contributed by atoms with Crippen molar-refractivity contribution in [3.8, 4) is 0 Å². The van der Waals surface area contributed by atoms with E-state index in [4.69, 9.17) is 16.6 Å². The highest BCUT2D eigenvalue weighted by Crippen LogP contribution is 1.95. The van der Waals surface area contributed by atoms with Crippen LogP contribution in [0.1, 0.15) is 0 Å². The van der Waals surface area contributed by atoms with Gasteiger partial charge in [-0.1, -0.05) is 0 Å². The highest BCUT2D eigenvalue weighted by Gasteiger charge is 2.23. The third-order valence-electron chi connectivity index (χ3n) is 1.37. The van der Waals surface area contributed by atoms with E-state index in [0.29, 0.717) is 0 Å². The molecule has 0 bridgehead atoms. The fraction of sp³-hybridized carbons (Fsp3) is 0.667. The molecule has 82 valence electrons. The van der Waals surface area contributed by atoms with Gasteiger partial charge in [-0.15, -0.1) is 0 Å². The first-order valence-corrected chi connectivity index (χ1v) is 5.62. The summed E-state index contributed by atoms with van der Waals surface area (Å²) in [5.74, 6) is -1.66. The van der Waals surface area contributed by atoms with Crippen molar-refractivity contribution in [2.45, 2.75) is 12.1 Å². The maximum atomic E-state index is 11.2. The van der Waals surface area contributed by atoms with Gasteiger partial charge >= 0.3 is 5.97 Å². The second-order valence-corrected chi connectivity index (χ2v) is 4.36. The first-order chi connectivity index (χ1) is 6.40. The summed E-state index contributed by atoms with van der Waals surface area (Å²) in [6, 6.07) is -2.26. The highest BCUT2D eigenvalue weighted by atomic mass is 32.2. The molecule has 0 amide bonds. The van der Waals surface area contributed by atoms with E-state index in [9.17, 15) is 13.8 Å². The largest absolute Gasteiger partial charge is 0.480 e. The normalized spacial score (nSPS) is 17.1. The average Bonchev–Trinajstić information content (AvgIpc) is 2.14. The molecule has 0 fully saturated rings. The van der Waals surface area contributed by atoms with E-state index in [0.717, 1.165) is 0 Å².